The summed E-state index contributed by atoms with van der Waals surface area (Å²) >= 11 is 0. The van der Waals surface area contributed by atoms with Crippen LogP contribution in [0.5, 0.6) is 0 Å². The van der Waals surface area contributed by atoms with Crippen molar-refractivity contribution >= 4 is 5.91 Å². The minimum Gasteiger partial charge on any atom is -0.364 e. The molecule has 0 aliphatic heterocycles. The topological polar surface area (TPSA) is 68.9 Å². The van der Waals surface area contributed by atoms with Gasteiger partial charge in [0, 0.05) is 24.2 Å². The fourth-order valence-electron chi connectivity index (χ4n) is 1.27. The highest BCUT2D eigenvalue weighted by molar-refractivity contribution is 5.91. The van der Waals surface area contributed by atoms with E-state index in [2.05, 4.69) is 9.97 Å². The standard InChI is InChI=1S/C11H9N3O/c12-11(15)10-6-8(3-5-14-10)9-2-1-4-13-7-9/h1-7H,(H2,12,15)/i/hD. The highest BCUT2D eigenvalue weighted by Gasteiger charge is 2.03. The Hall–Kier alpha value is -2.23. The van der Waals surface area contributed by atoms with Crippen molar-refractivity contribution in [3.8, 4) is 11.1 Å². The average Bonchev–Trinajstić information content (AvgIpc) is 2.39. The molecule has 0 spiro atoms. The molecule has 2 aromatic heterocycles. The highest BCUT2D eigenvalue weighted by Crippen LogP contribution is 2.17. The zero-order chi connectivity index (χ0) is 11.4. The van der Waals surface area contributed by atoms with Crippen molar-refractivity contribution in [3.05, 3.63) is 48.5 Å². The second-order valence-corrected chi connectivity index (χ2v) is 3.00. The molecule has 0 fully saturated rings. The van der Waals surface area contributed by atoms with Crippen molar-refractivity contribution < 1.29 is 6.21 Å². The van der Waals surface area contributed by atoms with Crippen LogP contribution in [-0.2, 0) is 0 Å². The van der Waals surface area contributed by atoms with E-state index in [1.807, 2.05) is 12.1 Å². The molecule has 2 rings (SSSR count). The summed E-state index contributed by atoms with van der Waals surface area (Å²) in [5.74, 6) is -0.522. The molecule has 0 saturated carbocycles. The van der Waals surface area contributed by atoms with Gasteiger partial charge in [0.05, 0.1) is 0 Å². The molecular weight excluding hydrogens is 190 g/mol. The van der Waals surface area contributed by atoms with E-state index in [1.54, 1.807) is 30.3 Å². The molecule has 2 N–H and O–H groups in total. The third kappa shape index (κ3) is 1.99. The predicted octanol–water partition coefficient (Wildman–Crippen LogP) is 1.24. The molecule has 74 valence electrons. The zero-order valence-electron chi connectivity index (χ0n) is 8.84. The Morgan fingerprint density at radius 2 is 2.27 bits per heavy atom. The van der Waals surface area contributed by atoms with Crippen molar-refractivity contribution in [2.24, 2.45) is 5.73 Å². The number of hydrogen-bond acceptors (Lipinski definition) is 3. The van der Waals surface area contributed by atoms with E-state index in [4.69, 9.17) is 1.41 Å². The Morgan fingerprint density at radius 3 is 3.00 bits per heavy atom. The Morgan fingerprint density at radius 1 is 1.33 bits per heavy atom. The van der Waals surface area contributed by atoms with Crippen LogP contribution in [0.1, 0.15) is 10.5 Å². The maximum Gasteiger partial charge on any atom is 0.267 e. The SMILES string of the molecule is [2H]NC(=O)c1cc(-c2cccnc2)ccn1. The number of aromatic nitrogens is 2. The normalized spacial score (nSPS) is 10.5. The van der Waals surface area contributed by atoms with E-state index >= 15 is 0 Å². The molecule has 0 radical (unpaired) electrons. The van der Waals surface area contributed by atoms with Crippen LogP contribution in [0.4, 0.5) is 0 Å². The van der Waals surface area contributed by atoms with E-state index in [1.165, 1.54) is 6.20 Å². The van der Waals surface area contributed by atoms with E-state index in [-0.39, 0.29) is 5.69 Å². The van der Waals surface area contributed by atoms with Gasteiger partial charge < -0.3 is 5.73 Å². The molecule has 0 atom stereocenters. The van der Waals surface area contributed by atoms with E-state index in [9.17, 15) is 4.79 Å². The second-order valence-electron chi connectivity index (χ2n) is 3.00. The van der Waals surface area contributed by atoms with Crippen molar-refractivity contribution in [1.29, 1.82) is 0 Å². The van der Waals surface area contributed by atoms with Gasteiger partial charge in [0.2, 0.25) is 0 Å². The van der Waals surface area contributed by atoms with Crippen LogP contribution in [0.3, 0.4) is 0 Å². The number of rotatable bonds is 2. The molecule has 15 heavy (non-hydrogen) atoms. The molecule has 0 saturated heterocycles. The quantitative estimate of drug-likeness (QED) is 0.793. The van der Waals surface area contributed by atoms with Crippen LogP contribution in [0.15, 0.2) is 42.9 Å². The lowest BCUT2D eigenvalue weighted by molar-refractivity contribution is 0.0995. The molecule has 2 aromatic rings. The zero-order valence-corrected chi connectivity index (χ0v) is 7.84. The van der Waals surface area contributed by atoms with Crippen LogP contribution in [0, 0.1) is 0 Å². The number of nitrogens with zero attached hydrogens (tertiary/aromatic N) is 2. The van der Waals surface area contributed by atoms with Gasteiger partial charge in [-0.3, -0.25) is 14.8 Å². The number of nitrogens with two attached hydrogens (primary N) is 1. The van der Waals surface area contributed by atoms with E-state index < -0.39 is 5.91 Å². The van der Waals surface area contributed by atoms with E-state index in [0.717, 1.165) is 11.1 Å². The van der Waals surface area contributed by atoms with Crippen molar-refractivity contribution in [2.75, 3.05) is 0 Å². The summed E-state index contributed by atoms with van der Waals surface area (Å²) in [7, 11) is 0. The third-order valence-corrected chi connectivity index (χ3v) is 1.99. The van der Waals surface area contributed by atoms with Gasteiger partial charge in [0.15, 0.2) is 1.41 Å². The van der Waals surface area contributed by atoms with Crippen molar-refractivity contribution in [3.63, 3.8) is 0 Å². The van der Waals surface area contributed by atoms with Gasteiger partial charge >= 0.3 is 0 Å². The first-order valence-corrected chi connectivity index (χ1v) is 4.40. The first-order chi connectivity index (χ1) is 7.81. The largest absolute Gasteiger partial charge is 0.364 e. The molecule has 0 unspecified atom stereocenters. The minimum atomic E-state index is -0.522. The van der Waals surface area contributed by atoms with Crippen LogP contribution in [-0.4, -0.2) is 15.9 Å². The number of pyridine rings is 2. The summed E-state index contributed by atoms with van der Waals surface area (Å²) in [5, 5.41) is 0. The van der Waals surface area contributed by atoms with Crippen molar-refractivity contribution in [2.45, 2.75) is 0 Å². The molecule has 4 nitrogen and oxygen atoms in total. The van der Waals surface area contributed by atoms with E-state index in [0.29, 0.717) is 0 Å². The van der Waals surface area contributed by atoms with Gasteiger partial charge in [-0.05, 0) is 23.8 Å². The molecule has 0 aliphatic rings. The molecule has 0 bridgehead atoms. The van der Waals surface area contributed by atoms with Gasteiger partial charge in [-0.1, -0.05) is 6.07 Å². The Labute approximate surface area is 88.3 Å². The predicted molar refractivity (Wildman–Crippen MR) is 56.0 cm³/mol. The van der Waals surface area contributed by atoms with Gasteiger partial charge in [0.25, 0.3) is 5.91 Å². The summed E-state index contributed by atoms with van der Waals surface area (Å²) in [6, 6.07) is 7.13. The molecule has 0 aliphatic carbocycles. The molecule has 1 amide bonds. The Bertz CT molecular complexity index is 502. The lowest BCUT2D eigenvalue weighted by Gasteiger charge is -2.01. The summed E-state index contributed by atoms with van der Waals surface area (Å²) in [6.07, 6.45) is 4.92. The fourth-order valence-corrected chi connectivity index (χ4v) is 1.27. The summed E-state index contributed by atoms with van der Waals surface area (Å²) in [5.41, 5.74) is 3.77. The first kappa shape index (κ1) is 8.11. The summed E-state index contributed by atoms with van der Waals surface area (Å²) in [4.78, 5) is 19.1. The van der Waals surface area contributed by atoms with Crippen molar-refractivity contribution in [1.82, 2.24) is 9.97 Å². The molecule has 0 aromatic carbocycles. The monoisotopic (exact) mass is 200 g/mol. The molecule has 4 heteroatoms. The number of primary amides is 1. The smallest absolute Gasteiger partial charge is 0.267 e. The van der Waals surface area contributed by atoms with Crippen LogP contribution in [0.25, 0.3) is 11.1 Å². The van der Waals surface area contributed by atoms with Crippen LogP contribution in [0.2, 0.25) is 1.41 Å². The number of carbonyl (C=O) groups is 1. The van der Waals surface area contributed by atoms with Gasteiger partial charge in [-0.15, -0.1) is 0 Å². The maximum absolute atomic E-state index is 11.2. The number of hydrogen-bond donors (Lipinski definition) is 1. The van der Waals surface area contributed by atoms with Gasteiger partial charge in [-0.2, -0.15) is 0 Å². The Balaban J connectivity index is 2.40. The lowest BCUT2D eigenvalue weighted by Crippen LogP contribution is -2.12. The number of amides is 1. The van der Waals surface area contributed by atoms with Gasteiger partial charge in [-0.25, -0.2) is 0 Å². The highest BCUT2D eigenvalue weighted by atomic mass is 16.1. The van der Waals surface area contributed by atoms with Crippen LogP contribution < -0.4 is 5.73 Å². The molecular formula is C11H9N3O. The second kappa shape index (κ2) is 3.88. The lowest BCUT2D eigenvalue weighted by atomic mass is 10.1. The molecule has 2 heterocycles. The number of carbonyl (C=O) groups excluding carboxylic acids is 1. The summed E-state index contributed by atoms with van der Waals surface area (Å²) in [6.45, 7) is 0. The summed E-state index contributed by atoms with van der Waals surface area (Å²) < 4.78 is 6.77. The average molecular weight is 200 g/mol. The first-order valence-electron chi connectivity index (χ1n) is 4.90. The minimum absolute atomic E-state index is 0.219. The van der Waals surface area contributed by atoms with Crippen LogP contribution >= 0.6 is 0 Å². The third-order valence-electron chi connectivity index (χ3n) is 1.99. The fraction of sp³-hybridized carbons (Fsp3) is 0. The Kier molecular flexibility index (Phi) is 2.09. The maximum atomic E-state index is 11.2. The van der Waals surface area contributed by atoms with Gasteiger partial charge in [0.1, 0.15) is 5.69 Å².